The van der Waals surface area contributed by atoms with Crippen molar-refractivity contribution in [2.75, 3.05) is 5.32 Å². The maximum Gasteiger partial charge on any atom is 0.222 e. The molecule has 1 aromatic rings. The van der Waals surface area contributed by atoms with E-state index in [1.165, 1.54) is 6.92 Å². The van der Waals surface area contributed by atoms with Crippen molar-refractivity contribution in [1.29, 1.82) is 0 Å². The van der Waals surface area contributed by atoms with Crippen LogP contribution in [0, 0.1) is 30.6 Å². The van der Waals surface area contributed by atoms with Crippen LogP contribution in [-0.2, 0) is 9.68 Å². The molecule has 1 aromatic heterocycles. The molecule has 1 saturated carbocycles. The molecule has 1 aliphatic rings. The average molecular weight is 336 g/mol. The molecule has 0 radical (unpaired) electrons. The monoisotopic (exact) mass is 336 g/mol. The van der Waals surface area contributed by atoms with E-state index in [4.69, 9.17) is 4.89 Å². The lowest BCUT2D eigenvalue weighted by Gasteiger charge is -2.41. The molecule has 6 nitrogen and oxygen atoms in total. The van der Waals surface area contributed by atoms with Gasteiger partial charge in [0, 0.05) is 12.5 Å². The van der Waals surface area contributed by atoms with Crippen molar-refractivity contribution in [1.82, 2.24) is 4.98 Å². The fourth-order valence-electron chi connectivity index (χ4n) is 4.53. The minimum Gasteiger partial charge on any atom is -0.339 e. The van der Waals surface area contributed by atoms with E-state index < -0.39 is 6.10 Å². The lowest BCUT2D eigenvalue weighted by molar-refractivity contribution is -0.303. The summed E-state index contributed by atoms with van der Waals surface area (Å²) in [5.74, 6) is 1.65. The maximum atomic E-state index is 11.5. The predicted octanol–water partition coefficient (Wildman–Crippen LogP) is 3.94. The van der Waals surface area contributed by atoms with Gasteiger partial charge in [0.2, 0.25) is 5.91 Å². The van der Waals surface area contributed by atoms with Crippen molar-refractivity contribution < 1.29 is 19.7 Å². The number of hydrogen-bond acceptors (Lipinski definition) is 4. The van der Waals surface area contributed by atoms with Gasteiger partial charge in [-0.05, 0) is 49.0 Å². The molecule has 3 atom stereocenters. The first kappa shape index (κ1) is 18.7. The normalized spacial score (nSPS) is 28.4. The van der Waals surface area contributed by atoms with Gasteiger partial charge in [-0.25, -0.2) is 4.89 Å². The number of amides is 1. The third-order valence-corrected chi connectivity index (χ3v) is 5.37. The van der Waals surface area contributed by atoms with Crippen LogP contribution in [0.1, 0.15) is 68.3 Å². The van der Waals surface area contributed by atoms with E-state index in [0.29, 0.717) is 46.7 Å². The Bertz CT molecular complexity index is 598. The van der Waals surface area contributed by atoms with Gasteiger partial charge in [0.15, 0.2) is 6.29 Å². The second-order valence-corrected chi connectivity index (χ2v) is 7.39. The number of hydrogen-bond donors (Lipinski definition) is 3. The molecule has 3 N–H and O–H groups in total. The molecule has 0 aliphatic heterocycles. The van der Waals surface area contributed by atoms with Crippen LogP contribution < -0.4 is 5.32 Å². The Morgan fingerprint density at radius 2 is 1.92 bits per heavy atom. The molecule has 24 heavy (non-hydrogen) atoms. The molecule has 0 aromatic carbocycles. The number of carbonyl (C=O) groups is 2. The summed E-state index contributed by atoms with van der Waals surface area (Å²) in [6, 6.07) is 0. The number of anilines is 1. The number of aldehydes is 1. The highest BCUT2D eigenvalue weighted by Gasteiger charge is 2.40. The van der Waals surface area contributed by atoms with E-state index in [-0.39, 0.29) is 11.8 Å². The van der Waals surface area contributed by atoms with Crippen molar-refractivity contribution in [3.8, 4) is 0 Å². The zero-order valence-corrected chi connectivity index (χ0v) is 15.1. The van der Waals surface area contributed by atoms with E-state index in [1.807, 2.05) is 0 Å². The molecule has 1 heterocycles. The molecule has 1 aliphatic carbocycles. The topological polar surface area (TPSA) is 91.4 Å². The molecular weight excluding hydrogens is 308 g/mol. The Labute approximate surface area is 142 Å². The minimum absolute atomic E-state index is 0.104. The number of H-pyrrole nitrogens is 1. The number of aromatic amines is 1. The Balaban J connectivity index is 2.48. The lowest BCUT2D eigenvalue weighted by atomic mass is 9.66. The van der Waals surface area contributed by atoms with Crippen LogP contribution in [0.3, 0.4) is 0 Å². The van der Waals surface area contributed by atoms with Crippen LogP contribution >= 0.6 is 0 Å². The molecule has 6 heteroatoms. The van der Waals surface area contributed by atoms with Crippen molar-refractivity contribution >= 4 is 18.0 Å². The van der Waals surface area contributed by atoms with Crippen LogP contribution in [0.2, 0.25) is 0 Å². The lowest BCUT2D eigenvalue weighted by Crippen LogP contribution is -2.34. The first-order chi connectivity index (χ1) is 11.3. The van der Waals surface area contributed by atoms with Gasteiger partial charge in [0.1, 0.15) is 11.9 Å². The third-order valence-electron chi connectivity index (χ3n) is 5.37. The Hall–Kier alpha value is -1.66. The predicted molar refractivity (Wildman–Crippen MR) is 91.9 cm³/mol. The van der Waals surface area contributed by atoms with E-state index in [2.05, 4.69) is 31.1 Å². The fourth-order valence-corrected chi connectivity index (χ4v) is 4.53. The van der Waals surface area contributed by atoms with Gasteiger partial charge in [-0.15, -0.1) is 0 Å². The first-order valence-electron chi connectivity index (χ1n) is 8.55. The zero-order valence-electron chi connectivity index (χ0n) is 15.1. The summed E-state index contributed by atoms with van der Waals surface area (Å²) in [5.41, 5.74) is 1.75. The van der Waals surface area contributed by atoms with E-state index in [0.717, 1.165) is 12.8 Å². The molecule has 2 rings (SSSR count). The van der Waals surface area contributed by atoms with Crippen LogP contribution in [-0.4, -0.2) is 22.4 Å². The van der Waals surface area contributed by atoms with Gasteiger partial charge in [0.25, 0.3) is 0 Å². The van der Waals surface area contributed by atoms with Crippen LogP contribution in [0.15, 0.2) is 0 Å². The number of aromatic nitrogens is 1. The smallest absolute Gasteiger partial charge is 0.222 e. The van der Waals surface area contributed by atoms with E-state index in [9.17, 15) is 14.8 Å². The zero-order chi connectivity index (χ0) is 18.0. The SMILES string of the molecule is CC(=O)Nc1[nH]c(C=O)c(C)c1C(OO)C1C(C)CC(C)CC1C. The molecular formula is C18H28N2O4. The minimum atomic E-state index is -0.589. The highest BCUT2D eigenvalue weighted by atomic mass is 17.1. The summed E-state index contributed by atoms with van der Waals surface area (Å²) < 4.78 is 0. The van der Waals surface area contributed by atoms with Crippen LogP contribution in [0.5, 0.6) is 0 Å². The Morgan fingerprint density at radius 1 is 1.33 bits per heavy atom. The van der Waals surface area contributed by atoms with Gasteiger partial charge in [-0.1, -0.05) is 20.8 Å². The van der Waals surface area contributed by atoms with E-state index in [1.54, 1.807) is 6.92 Å². The second-order valence-electron chi connectivity index (χ2n) is 7.39. The summed E-state index contributed by atoms with van der Waals surface area (Å²) in [6.45, 7) is 9.79. The molecule has 1 fully saturated rings. The van der Waals surface area contributed by atoms with Gasteiger partial charge >= 0.3 is 0 Å². The molecule has 0 spiro atoms. The van der Waals surface area contributed by atoms with Gasteiger partial charge < -0.3 is 10.3 Å². The summed E-state index contributed by atoms with van der Waals surface area (Å²) in [4.78, 5) is 30.7. The highest BCUT2D eigenvalue weighted by molar-refractivity contribution is 5.90. The standard InChI is InChI=1S/C18H28N2O4/c1-9-6-10(2)15(11(3)7-9)17(24-23)16-12(4)14(8-21)20-18(16)19-13(5)22/h8-11,15,17,20,23H,6-7H2,1-5H3,(H,19,22). The Morgan fingerprint density at radius 3 is 2.38 bits per heavy atom. The van der Waals surface area contributed by atoms with Crippen molar-refractivity contribution in [2.24, 2.45) is 23.7 Å². The van der Waals surface area contributed by atoms with Gasteiger partial charge in [0.05, 0.1) is 5.69 Å². The largest absolute Gasteiger partial charge is 0.339 e. The number of rotatable bonds is 5. The quantitative estimate of drug-likeness (QED) is 0.431. The van der Waals surface area contributed by atoms with Crippen molar-refractivity contribution in [2.45, 2.75) is 53.6 Å². The van der Waals surface area contributed by atoms with Gasteiger partial charge in [-0.3, -0.25) is 14.8 Å². The van der Waals surface area contributed by atoms with E-state index >= 15 is 0 Å². The number of carbonyl (C=O) groups excluding carboxylic acids is 2. The van der Waals surface area contributed by atoms with Crippen LogP contribution in [0.25, 0.3) is 0 Å². The number of nitrogens with one attached hydrogen (secondary N) is 2. The maximum absolute atomic E-state index is 11.5. The first-order valence-corrected chi connectivity index (χ1v) is 8.55. The van der Waals surface area contributed by atoms with Crippen molar-refractivity contribution in [3.05, 3.63) is 16.8 Å². The van der Waals surface area contributed by atoms with Crippen LogP contribution in [0.4, 0.5) is 5.82 Å². The fraction of sp³-hybridized carbons (Fsp3) is 0.667. The molecule has 0 saturated heterocycles. The molecule has 1 amide bonds. The summed E-state index contributed by atoms with van der Waals surface area (Å²) >= 11 is 0. The molecule has 134 valence electrons. The summed E-state index contributed by atoms with van der Waals surface area (Å²) in [7, 11) is 0. The Kier molecular flexibility index (Phi) is 5.83. The second kappa shape index (κ2) is 7.49. The van der Waals surface area contributed by atoms with Crippen molar-refractivity contribution in [3.63, 3.8) is 0 Å². The average Bonchev–Trinajstić information content (AvgIpc) is 2.78. The highest BCUT2D eigenvalue weighted by Crippen LogP contribution is 2.47. The molecule has 3 unspecified atom stereocenters. The third kappa shape index (κ3) is 3.54. The summed E-state index contributed by atoms with van der Waals surface area (Å²) in [6.07, 6.45) is 2.26. The van der Waals surface area contributed by atoms with Gasteiger partial charge in [-0.2, -0.15) is 0 Å². The summed E-state index contributed by atoms with van der Waals surface area (Å²) in [5, 5.41) is 12.4. The molecule has 0 bridgehead atoms.